The number of hydrogen-bond donors (Lipinski definition) is 0. The van der Waals surface area contributed by atoms with Gasteiger partial charge in [0.15, 0.2) is 0 Å². The molecule has 0 nitrogen and oxygen atoms in total. The molecule has 0 amide bonds. The van der Waals surface area contributed by atoms with Gasteiger partial charge in [0.25, 0.3) is 0 Å². The van der Waals surface area contributed by atoms with Crippen molar-refractivity contribution < 1.29 is 0 Å². The summed E-state index contributed by atoms with van der Waals surface area (Å²) in [4.78, 5) is 0. The molecule has 72 valence electrons. The fraction of sp³-hybridized carbons (Fsp3) is 1.00. The van der Waals surface area contributed by atoms with E-state index in [4.69, 9.17) is 0 Å². The first kappa shape index (κ1) is 15.7. The maximum atomic E-state index is 2.27. The Labute approximate surface area is 109 Å². The molecule has 0 aromatic heterocycles. The first-order valence-corrected chi connectivity index (χ1v) is 5.41. The summed E-state index contributed by atoms with van der Waals surface area (Å²) in [5, 5.41) is 0. The van der Waals surface area contributed by atoms with Gasteiger partial charge in [-0.3, -0.25) is 0 Å². The molecule has 0 radical (unpaired) electrons. The molecule has 0 saturated heterocycles. The Morgan fingerprint density at radius 3 is 1.00 bits per heavy atom. The number of unbranched alkanes of at least 4 members (excludes halogenated alkanes) is 8. The van der Waals surface area contributed by atoms with Crippen LogP contribution in [0.4, 0.5) is 0 Å². The van der Waals surface area contributed by atoms with Crippen LogP contribution in [-0.4, -0.2) is 37.7 Å². The molecule has 0 rings (SSSR count). The Morgan fingerprint density at radius 1 is 0.500 bits per heavy atom. The second kappa shape index (κ2) is 14.8. The monoisotopic (exact) mass is 198 g/mol. The molecule has 0 spiro atoms. The summed E-state index contributed by atoms with van der Waals surface area (Å²) in [5.41, 5.74) is 0. The van der Waals surface area contributed by atoms with Gasteiger partial charge in [0.05, 0.1) is 0 Å². The average molecular weight is 198 g/mol. The Bertz CT molecular complexity index is 54.0. The Hall–Kier alpha value is 1.26. The van der Waals surface area contributed by atoms with Gasteiger partial charge in [-0.1, -0.05) is 71.6 Å². The molecule has 12 heavy (non-hydrogen) atoms. The van der Waals surface area contributed by atoms with Gasteiger partial charge in [0.2, 0.25) is 0 Å². The van der Waals surface area contributed by atoms with E-state index in [2.05, 4.69) is 13.8 Å². The van der Waals surface area contributed by atoms with Crippen LogP contribution in [0.5, 0.6) is 0 Å². The topological polar surface area (TPSA) is 0 Å². The van der Waals surface area contributed by atoms with Gasteiger partial charge in [-0.2, -0.15) is 0 Å². The number of hydrogen-bond acceptors (Lipinski definition) is 0. The summed E-state index contributed by atoms with van der Waals surface area (Å²) in [6.07, 6.45) is 13.0. The van der Waals surface area contributed by atoms with Crippen molar-refractivity contribution in [3.63, 3.8) is 0 Å². The van der Waals surface area contributed by atoms with E-state index in [9.17, 15) is 0 Å². The van der Waals surface area contributed by atoms with Crippen LogP contribution < -0.4 is 0 Å². The predicted octanol–water partition coefficient (Wildman–Crippen LogP) is 3.62. The van der Waals surface area contributed by atoms with E-state index in [1.807, 2.05) is 0 Å². The van der Waals surface area contributed by atoms with Crippen molar-refractivity contribution in [3.05, 3.63) is 0 Å². The van der Waals surface area contributed by atoms with Gasteiger partial charge >= 0.3 is 37.7 Å². The molecule has 0 atom stereocenters. The van der Waals surface area contributed by atoms with Crippen molar-refractivity contribution in [2.24, 2.45) is 0 Å². The van der Waals surface area contributed by atoms with Crippen LogP contribution in [0.15, 0.2) is 0 Å². The van der Waals surface area contributed by atoms with E-state index >= 15 is 0 Å². The summed E-state index contributed by atoms with van der Waals surface area (Å²) < 4.78 is 0. The number of rotatable bonds is 8. The molecule has 0 fully saturated rings. The first-order valence-electron chi connectivity index (χ1n) is 5.41. The molecule has 0 unspecified atom stereocenters. The average Bonchev–Trinajstić information content (AvgIpc) is 2.03. The predicted molar refractivity (Wildman–Crippen MR) is 61.4 cm³/mol. The summed E-state index contributed by atoms with van der Waals surface area (Å²) in [7, 11) is 0. The van der Waals surface area contributed by atoms with E-state index in [0.29, 0.717) is 0 Å². The molecule has 0 heterocycles. The zero-order chi connectivity index (χ0) is 8.36. The second-order valence-electron chi connectivity index (χ2n) is 3.47. The molecular weight excluding hydrogens is 172 g/mol. The summed E-state index contributed by atoms with van der Waals surface area (Å²) >= 11 is 0. The molecule has 0 aliphatic heterocycles. The van der Waals surface area contributed by atoms with E-state index in [-0.39, 0.29) is 37.7 Å². The zero-order valence-corrected chi connectivity index (χ0v) is 8.36. The molecule has 0 aliphatic rings. The third-order valence-corrected chi connectivity index (χ3v) is 2.21. The maximum absolute atomic E-state index is 2.27. The van der Waals surface area contributed by atoms with Gasteiger partial charge in [0.1, 0.15) is 0 Å². The molecule has 1 heteroatoms. The van der Waals surface area contributed by atoms with Gasteiger partial charge in [-0.25, -0.2) is 0 Å². The molecule has 0 aliphatic carbocycles. The van der Waals surface area contributed by atoms with Crippen LogP contribution >= 0.6 is 0 Å². The molecule has 0 aromatic rings. The fourth-order valence-corrected chi connectivity index (χ4v) is 1.38. The van der Waals surface area contributed by atoms with Crippen LogP contribution in [0.3, 0.4) is 0 Å². The standard InChI is InChI=1S/C11H24.Ca.2H/c1-3-5-7-9-11-10-8-6-4-2;;;/h3-11H2,1-2H3;;;. The van der Waals surface area contributed by atoms with E-state index in [1.54, 1.807) is 0 Å². The Morgan fingerprint density at radius 2 is 0.750 bits per heavy atom. The molecular formula is C11H26Ca. The Kier molecular flexibility index (Phi) is 19.3. The van der Waals surface area contributed by atoms with Crippen molar-refractivity contribution >= 4 is 37.7 Å². The summed E-state index contributed by atoms with van der Waals surface area (Å²) in [5.74, 6) is 0. The van der Waals surface area contributed by atoms with Crippen molar-refractivity contribution in [1.82, 2.24) is 0 Å². The summed E-state index contributed by atoms with van der Waals surface area (Å²) in [6.45, 7) is 4.55. The van der Waals surface area contributed by atoms with Gasteiger partial charge in [-0.05, 0) is 0 Å². The Balaban J connectivity index is 0. The van der Waals surface area contributed by atoms with Crippen LogP contribution in [0.25, 0.3) is 0 Å². The molecule has 0 saturated carbocycles. The van der Waals surface area contributed by atoms with E-state index in [0.717, 1.165) is 0 Å². The van der Waals surface area contributed by atoms with Crippen LogP contribution in [0.2, 0.25) is 0 Å². The van der Waals surface area contributed by atoms with Crippen molar-refractivity contribution in [1.29, 1.82) is 0 Å². The van der Waals surface area contributed by atoms with Crippen molar-refractivity contribution in [3.8, 4) is 0 Å². The minimum atomic E-state index is 0. The van der Waals surface area contributed by atoms with Gasteiger partial charge in [0, 0.05) is 0 Å². The fourth-order valence-electron chi connectivity index (χ4n) is 1.38. The quantitative estimate of drug-likeness (QED) is 0.413. The van der Waals surface area contributed by atoms with Crippen molar-refractivity contribution in [2.75, 3.05) is 0 Å². The van der Waals surface area contributed by atoms with Gasteiger partial charge < -0.3 is 0 Å². The normalized spacial score (nSPS) is 9.50. The second-order valence-corrected chi connectivity index (χ2v) is 3.47. The van der Waals surface area contributed by atoms with Crippen molar-refractivity contribution in [2.45, 2.75) is 71.6 Å². The van der Waals surface area contributed by atoms with E-state index in [1.165, 1.54) is 57.8 Å². The third kappa shape index (κ3) is 13.8. The van der Waals surface area contributed by atoms with Gasteiger partial charge in [-0.15, -0.1) is 0 Å². The van der Waals surface area contributed by atoms with Crippen LogP contribution in [-0.2, 0) is 0 Å². The van der Waals surface area contributed by atoms with E-state index < -0.39 is 0 Å². The molecule has 0 bridgehead atoms. The van der Waals surface area contributed by atoms with Crippen LogP contribution in [0, 0.1) is 0 Å². The molecule has 0 aromatic carbocycles. The SMILES string of the molecule is CCCCCCCCCCC.[CaH2]. The molecule has 0 N–H and O–H groups in total. The summed E-state index contributed by atoms with van der Waals surface area (Å²) in [6, 6.07) is 0. The minimum absolute atomic E-state index is 0. The zero-order valence-electron chi connectivity index (χ0n) is 8.36. The van der Waals surface area contributed by atoms with Crippen LogP contribution in [0.1, 0.15) is 71.6 Å². The first-order chi connectivity index (χ1) is 5.41. The third-order valence-electron chi connectivity index (χ3n) is 2.21.